The van der Waals surface area contributed by atoms with Crippen molar-refractivity contribution in [2.24, 2.45) is 0 Å². The number of carbonyl (C=O) groups is 1. The van der Waals surface area contributed by atoms with Crippen LogP contribution in [0, 0.1) is 18.6 Å². The van der Waals surface area contributed by atoms with Crippen molar-refractivity contribution in [2.45, 2.75) is 33.1 Å². The highest BCUT2D eigenvalue weighted by Gasteiger charge is 2.25. The Balaban J connectivity index is 1.76. The van der Waals surface area contributed by atoms with Gasteiger partial charge in [0.25, 0.3) is 5.91 Å². The van der Waals surface area contributed by atoms with E-state index in [0.29, 0.717) is 28.7 Å². The fourth-order valence-corrected chi connectivity index (χ4v) is 4.36. The molecule has 1 aromatic carbocycles. The van der Waals surface area contributed by atoms with Gasteiger partial charge < -0.3 is 9.80 Å². The first-order chi connectivity index (χ1) is 13.0. The van der Waals surface area contributed by atoms with E-state index in [1.807, 2.05) is 4.90 Å². The van der Waals surface area contributed by atoms with Crippen molar-refractivity contribution in [1.29, 1.82) is 0 Å². The first kappa shape index (κ1) is 19.9. The Kier molecular flexibility index (Phi) is 6.55. The molecule has 0 unspecified atom stereocenters. The van der Waals surface area contributed by atoms with E-state index in [-0.39, 0.29) is 11.5 Å². The van der Waals surface area contributed by atoms with Crippen molar-refractivity contribution in [2.75, 3.05) is 32.7 Å². The zero-order valence-electron chi connectivity index (χ0n) is 15.8. The number of hydrogen-bond acceptors (Lipinski definition) is 4. The van der Waals surface area contributed by atoms with E-state index in [4.69, 9.17) is 0 Å². The molecule has 0 spiro atoms. The number of thiazole rings is 1. The van der Waals surface area contributed by atoms with Gasteiger partial charge in [-0.05, 0) is 45.0 Å². The van der Waals surface area contributed by atoms with Crippen molar-refractivity contribution in [3.8, 4) is 10.6 Å². The van der Waals surface area contributed by atoms with Gasteiger partial charge in [-0.2, -0.15) is 0 Å². The van der Waals surface area contributed by atoms with E-state index in [9.17, 15) is 13.6 Å². The molecule has 0 N–H and O–H groups in total. The number of benzene rings is 1. The van der Waals surface area contributed by atoms with Crippen LogP contribution in [0.1, 0.15) is 41.6 Å². The predicted octanol–water partition coefficient (Wildman–Crippen LogP) is 4.34. The summed E-state index contributed by atoms with van der Waals surface area (Å²) in [6, 6.07) is 4.01. The molecule has 0 saturated carbocycles. The Morgan fingerprint density at radius 2 is 2.04 bits per heavy atom. The average Bonchev–Trinajstić information content (AvgIpc) is 2.89. The van der Waals surface area contributed by atoms with Gasteiger partial charge >= 0.3 is 0 Å². The van der Waals surface area contributed by atoms with Crippen LogP contribution in [0.4, 0.5) is 8.78 Å². The van der Waals surface area contributed by atoms with Crippen molar-refractivity contribution in [1.82, 2.24) is 14.8 Å². The van der Waals surface area contributed by atoms with Gasteiger partial charge in [0.2, 0.25) is 0 Å². The van der Waals surface area contributed by atoms with Crippen molar-refractivity contribution < 1.29 is 13.6 Å². The zero-order chi connectivity index (χ0) is 19.4. The maximum absolute atomic E-state index is 14.1. The van der Waals surface area contributed by atoms with Gasteiger partial charge in [-0.25, -0.2) is 13.8 Å². The van der Waals surface area contributed by atoms with Crippen LogP contribution in [0.3, 0.4) is 0 Å². The number of amides is 1. The molecule has 1 amide bonds. The van der Waals surface area contributed by atoms with E-state index >= 15 is 0 Å². The fourth-order valence-electron chi connectivity index (χ4n) is 3.30. The van der Waals surface area contributed by atoms with Gasteiger partial charge in [0.05, 0.1) is 5.69 Å². The molecule has 146 valence electrons. The van der Waals surface area contributed by atoms with Gasteiger partial charge in [0, 0.05) is 25.2 Å². The van der Waals surface area contributed by atoms with Gasteiger partial charge in [0.15, 0.2) is 11.6 Å². The van der Waals surface area contributed by atoms with Crippen molar-refractivity contribution in [3.05, 3.63) is 40.4 Å². The van der Waals surface area contributed by atoms with Crippen LogP contribution in [0.5, 0.6) is 0 Å². The maximum Gasteiger partial charge on any atom is 0.265 e. The highest BCUT2D eigenvalue weighted by molar-refractivity contribution is 7.17. The predicted molar refractivity (Wildman–Crippen MR) is 104 cm³/mol. The standard InChI is InChI=1S/C20H25F2N3OS/c1-3-4-9-24-10-6-11-25(13-12-24)20(26)18-14(2)23-19(27-18)15-7-5-8-16(21)17(15)22/h5,7-8H,3-4,6,9-13H2,1-2H3. The van der Waals surface area contributed by atoms with E-state index in [2.05, 4.69) is 16.8 Å². The molecule has 0 radical (unpaired) electrons. The minimum absolute atomic E-state index is 0.0644. The number of nitrogens with zero attached hydrogens (tertiary/aromatic N) is 3. The monoisotopic (exact) mass is 393 g/mol. The Morgan fingerprint density at radius 3 is 2.81 bits per heavy atom. The molecule has 0 atom stereocenters. The number of rotatable bonds is 5. The van der Waals surface area contributed by atoms with Crippen LogP contribution in [0.15, 0.2) is 18.2 Å². The summed E-state index contributed by atoms with van der Waals surface area (Å²) in [5.41, 5.74) is 0.666. The number of unbranched alkanes of at least 4 members (excludes halogenated alkanes) is 1. The van der Waals surface area contributed by atoms with E-state index < -0.39 is 11.6 Å². The summed E-state index contributed by atoms with van der Waals surface area (Å²) < 4.78 is 27.6. The van der Waals surface area contributed by atoms with Crippen LogP contribution >= 0.6 is 11.3 Å². The Bertz CT molecular complexity index is 809. The van der Waals surface area contributed by atoms with Crippen LogP contribution in [0.2, 0.25) is 0 Å². The molecule has 1 aliphatic heterocycles. The Hall–Kier alpha value is -1.86. The van der Waals surface area contributed by atoms with Gasteiger partial charge in [0.1, 0.15) is 9.88 Å². The lowest BCUT2D eigenvalue weighted by Gasteiger charge is -2.21. The molecule has 0 aliphatic carbocycles. The number of aromatic nitrogens is 1. The first-order valence-electron chi connectivity index (χ1n) is 9.44. The molecule has 3 rings (SSSR count). The second-order valence-electron chi connectivity index (χ2n) is 6.88. The third-order valence-corrected chi connectivity index (χ3v) is 6.06. The Labute approximate surface area is 162 Å². The number of halogens is 2. The van der Waals surface area contributed by atoms with E-state index in [1.54, 1.807) is 6.92 Å². The van der Waals surface area contributed by atoms with Gasteiger partial charge in [-0.15, -0.1) is 11.3 Å². The highest BCUT2D eigenvalue weighted by Crippen LogP contribution is 2.31. The fraction of sp³-hybridized carbons (Fsp3) is 0.500. The lowest BCUT2D eigenvalue weighted by molar-refractivity contribution is 0.0765. The molecule has 1 fully saturated rings. The molecular weight excluding hydrogens is 368 g/mol. The molecule has 4 nitrogen and oxygen atoms in total. The Morgan fingerprint density at radius 1 is 1.22 bits per heavy atom. The zero-order valence-corrected chi connectivity index (χ0v) is 16.6. The first-order valence-corrected chi connectivity index (χ1v) is 10.3. The lowest BCUT2D eigenvalue weighted by atomic mass is 10.2. The third-order valence-electron chi connectivity index (χ3n) is 4.88. The quantitative estimate of drug-likeness (QED) is 0.758. The van der Waals surface area contributed by atoms with Crippen LogP contribution in [-0.4, -0.2) is 53.4 Å². The summed E-state index contributed by atoms with van der Waals surface area (Å²) in [7, 11) is 0. The second-order valence-corrected chi connectivity index (χ2v) is 7.87. The number of aryl methyl sites for hydroxylation is 1. The van der Waals surface area contributed by atoms with Crippen LogP contribution < -0.4 is 0 Å². The third kappa shape index (κ3) is 4.52. The molecule has 2 aromatic rings. The second kappa shape index (κ2) is 8.89. The number of hydrogen-bond donors (Lipinski definition) is 0. The minimum atomic E-state index is -0.924. The summed E-state index contributed by atoms with van der Waals surface area (Å²) >= 11 is 1.14. The average molecular weight is 394 g/mol. The molecule has 1 aliphatic rings. The van der Waals surface area contributed by atoms with Crippen LogP contribution in [0.25, 0.3) is 10.6 Å². The van der Waals surface area contributed by atoms with Crippen molar-refractivity contribution in [3.63, 3.8) is 0 Å². The largest absolute Gasteiger partial charge is 0.337 e. The molecule has 1 aromatic heterocycles. The smallest absolute Gasteiger partial charge is 0.265 e. The summed E-state index contributed by atoms with van der Waals surface area (Å²) in [5, 5.41) is 0.340. The topological polar surface area (TPSA) is 36.4 Å². The molecule has 1 saturated heterocycles. The number of carbonyl (C=O) groups excluding carboxylic acids is 1. The molecule has 7 heteroatoms. The molecule has 0 bridgehead atoms. The minimum Gasteiger partial charge on any atom is -0.337 e. The maximum atomic E-state index is 14.1. The van der Waals surface area contributed by atoms with E-state index in [1.165, 1.54) is 25.0 Å². The molecule has 27 heavy (non-hydrogen) atoms. The summed E-state index contributed by atoms with van der Waals surface area (Å²) in [5.74, 6) is -1.90. The summed E-state index contributed by atoms with van der Waals surface area (Å²) in [4.78, 5) is 22.1. The lowest BCUT2D eigenvalue weighted by Crippen LogP contribution is -2.35. The van der Waals surface area contributed by atoms with Crippen molar-refractivity contribution >= 4 is 17.2 Å². The van der Waals surface area contributed by atoms with Gasteiger partial charge in [-0.3, -0.25) is 4.79 Å². The highest BCUT2D eigenvalue weighted by atomic mass is 32.1. The summed E-state index contributed by atoms with van der Waals surface area (Å²) in [6.07, 6.45) is 3.28. The van der Waals surface area contributed by atoms with E-state index in [0.717, 1.165) is 43.5 Å². The molecule has 2 heterocycles. The summed E-state index contributed by atoms with van der Waals surface area (Å²) in [6.45, 7) is 8.27. The van der Waals surface area contributed by atoms with Gasteiger partial charge in [-0.1, -0.05) is 19.4 Å². The molecular formula is C20H25F2N3OS. The SMILES string of the molecule is CCCCN1CCCN(C(=O)c2sc(-c3cccc(F)c3F)nc2C)CC1. The normalized spacial score (nSPS) is 15.8. The van der Waals surface area contributed by atoms with Crippen LogP contribution in [-0.2, 0) is 0 Å².